The third-order valence-electron chi connectivity index (χ3n) is 16.7. The van der Waals surface area contributed by atoms with Gasteiger partial charge in [-0.3, -0.25) is 19.9 Å². The Bertz CT molecular complexity index is 4650. The fraction of sp³-hybridized carbons (Fsp3) is 0.0769. The van der Waals surface area contributed by atoms with Crippen LogP contribution in [0, 0.1) is 0 Å². The van der Waals surface area contributed by atoms with Crippen LogP contribution in [0.2, 0.25) is 0 Å². The number of pyridine rings is 4. The average molecular weight is 1080 g/mol. The minimum atomic E-state index is 0.252. The molecule has 0 aliphatic heterocycles. The second kappa shape index (κ2) is 22.1. The van der Waals surface area contributed by atoms with E-state index in [0.717, 1.165) is 110 Å². The molecule has 0 amide bonds. The van der Waals surface area contributed by atoms with Gasteiger partial charge in [0.1, 0.15) is 0 Å². The third-order valence-corrected chi connectivity index (χ3v) is 16.7. The Balaban J connectivity index is 0.762. The van der Waals surface area contributed by atoms with Crippen LogP contribution in [-0.4, -0.2) is 26.0 Å². The van der Waals surface area contributed by atoms with Gasteiger partial charge in [-0.2, -0.15) is 0 Å². The molecule has 12 aromatic rings. The van der Waals surface area contributed by atoms with Gasteiger partial charge in [-0.05, 0) is 176 Å². The smallest absolute Gasteiger partial charge is 0.0966 e. The Morgan fingerprint density at radius 3 is 1.54 bits per heavy atom. The number of hydrogen-bond acceptors (Lipinski definition) is 6. The summed E-state index contributed by atoms with van der Waals surface area (Å²) < 4.78 is 0. The van der Waals surface area contributed by atoms with Gasteiger partial charge < -0.3 is 9.80 Å². The van der Waals surface area contributed by atoms with E-state index >= 15 is 0 Å². The molecule has 0 radical (unpaired) electrons. The van der Waals surface area contributed by atoms with Crippen LogP contribution in [0.15, 0.2) is 267 Å². The van der Waals surface area contributed by atoms with E-state index in [9.17, 15) is 0 Å². The number of fused-ring (bicyclic) bond motifs is 9. The van der Waals surface area contributed by atoms with Gasteiger partial charge in [0, 0.05) is 40.2 Å². The highest BCUT2D eigenvalue weighted by Crippen LogP contribution is 2.46. The van der Waals surface area contributed by atoms with Crippen molar-refractivity contribution in [3.05, 3.63) is 301 Å². The van der Waals surface area contributed by atoms with Crippen LogP contribution in [0.25, 0.3) is 101 Å². The number of aryl methyl sites for hydroxylation is 2. The van der Waals surface area contributed by atoms with E-state index in [2.05, 4.69) is 265 Å². The second-order valence-corrected chi connectivity index (χ2v) is 22.0. The zero-order valence-electron chi connectivity index (χ0n) is 46.4. The molecule has 0 spiro atoms. The lowest BCUT2D eigenvalue weighted by molar-refractivity contribution is 0.751. The highest BCUT2D eigenvalue weighted by Gasteiger charge is 2.26. The maximum Gasteiger partial charge on any atom is 0.0966 e. The molecule has 400 valence electrons. The van der Waals surface area contributed by atoms with Crippen molar-refractivity contribution >= 4 is 90.4 Å². The summed E-state index contributed by atoms with van der Waals surface area (Å²) in [6, 6.07) is 70.1. The number of para-hydroxylation sites is 2. The monoisotopic (exact) mass is 1080 g/mol. The maximum atomic E-state index is 5.15. The van der Waals surface area contributed by atoms with Crippen molar-refractivity contribution in [3.63, 3.8) is 0 Å². The summed E-state index contributed by atoms with van der Waals surface area (Å²) >= 11 is 0. The lowest BCUT2D eigenvalue weighted by atomic mass is 9.84. The first-order valence-corrected chi connectivity index (χ1v) is 29.2. The van der Waals surface area contributed by atoms with E-state index in [1.54, 1.807) is 0 Å². The third kappa shape index (κ3) is 9.67. The Hall–Kier alpha value is -10.6. The Kier molecular flexibility index (Phi) is 13.2. The number of rotatable bonds is 12. The number of nitrogens with zero attached hydrogens (tertiary/aromatic N) is 6. The van der Waals surface area contributed by atoms with E-state index in [-0.39, 0.29) is 6.04 Å². The van der Waals surface area contributed by atoms with E-state index in [0.29, 0.717) is 0 Å². The molecule has 0 bridgehead atoms. The molecule has 6 heteroatoms. The summed E-state index contributed by atoms with van der Waals surface area (Å²) in [6.45, 7) is 0. The fourth-order valence-corrected chi connectivity index (χ4v) is 12.7. The van der Waals surface area contributed by atoms with E-state index in [1.165, 1.54) is 60.6 Å². The first-order chi connectivity index (χ1) is 41.6. The maximum absolute atomic E-state index is 5.15. The average Bonchev–Trinajstić information content (AvgIpc) is 1.49. The molecule has 0 saturated heterocycles. The van der Waals surface area contributed by atoms with Gasteiger partial charge in [-0.15, -0.1) is 0 Å². The Labute approximate surface area is 489 Å². The summed E-state index contributed by atoms with van der Waals surface area (Å²) in [7, 11) is 0. The topological polar surface area (TPSA) is 58.0 Å². The van der Waals surface area contributed by atoms with Gasteiger partial charge in [0.25, 0.3) is 0 Å². The van der Waals surface area contributed by atoms with Crippen molar-refractivity contribution in [3.8, 4) is 33.6 Å². The first kappa shape index (κ1) is 50.4. The van der Waals surface area contributed by atoms with Crippen LogP contribution in [0.3, 0.4) is 0 Å². The number of benzene rings is 8. The van der Waals surface area contributed by atoms with Crippen LogP contribution in [-0.2, 0) is 12.8 Å². The van der Waals surface area contributed by atoms with Crippen LogP contribution in [0.1, 0.15) is 52.6 Å². The zero-order chi connectivity index (χ0) is 55.8. The SMILES string of the molecule is C1=CCC(N(C2=CCCC=C2)c2cnc3c(c2)CCc2cc(/C=C/c4ccc5c(-c6ccccc6)c(-c6ccccc6)c6ccc(/C=C/c7cnc8c(ccc9cc(N(c%10ccccc%10)c%10ccccc%10)cnc98)c7)cc6c5c4)cnc2-3)C=C1. The predicted molar refractivity (Wildman–Crippen MR) is 352 cm³/mol. The standard InChI is InChI=1S/C78H58N6/c1-7-19-57(20-8-1)73-69-41-35-53(31-33-55-43-59-37-39-61-47-67(51-81-77(61)75(59)79-49-55)83(63-23-11-3-12-24-63)64-25-13-4-14-26-64)45-71(69)72-46-54(36-42-70(72)74(73)58-21-9-2-10-22-58)32-34-56-44-60-38-40-62-48-68(52-82-78(62)76(60)80-50-56)84(65-27-15-5-16-28-65)66-29-17-6-18-30-66/h1-5,7-17,19-27,29-37,39,41-52,65H,6,18,28,38,40H2/b33-31+,34-32+. The number of hydrogen-bond donors (Lipinski definition) is 0. The molecule has 15 rings (SSSR count). The molecule has 4 aromatic heterocycles. The second-order valence-electron chi connectivity index (χ2n) is 22.0. The molecule has 8 aromatic carbocycles. The van der Waals surface area contributed by atoms with Crippen LogP contribution >= 0.6 is 0 Å². The van der Waals surface area contributed by atoms with Gasteiger partial charge in [0.05, 0.1) is 52.2 Å². The molecule has 0 saturated carbocycles. The largest absolute Gasteiger partial charge is 0.333 e. The molecule has 3 aliphatic carbocycles. The van der Waals surface area contributed by atoms with E-state index in [1.807, 2.05) is 30.7 Å². The normalized spacial score (nSPS) is 14.6. The molecule has 84 heavy (non-hydrogen) atoms. The number of anilines is 4. The van der Waals surface area contributed by atoms with E-state index in [4.69, 9.17) is 19.9 Å². The first-order valence-electron chi connectivity index (χ1n) is 29.2. The summed E-state index contributed by atoms with van der Waals surface area (Å²) in [4.78, 5) is 25.1. The van der Waals surface area contributed by atoms with Crippen molar-refractivity contribution < 1.29 is 0 Å². The highest BCUT2D eigenvalue weighted by atomic mass is 15.2. The van der Waals surface area contributed by atoms with Crippen LogP contribution in [0.5, 0.6) is 0 Å². The highest BCUT2D eigenvalue weighted by molar-refractivity contribution is 6.22. The van der Waals surface area contributed by atoms with Gasteiger partial charge in [0.15, 0.2) is 0 Å². The molecule has 0 fully saturated rings. The minimum Gasteiger partial charge on any atom is -0.333 e. The quantitative estimate of drug-likeness (QED) is 0.114. The van der Waals surface area contributed by atoms with Crippen LogP contribution in [0.4, 0.5) is 22.7 Å². The van der Waals surface area contributed by atoms with Crippen molar-refractivity contribution in [2.45, 2.75) is 38.1 Å². The summed E-state index contributed by atoms with van der Waals surface area (Å²) in [5.74, 6) is 0. The molecular formula is C78H58N6. The lowest BCUT2D eigenvalue weighted by Gasteiger charge is -2.34. The predicted octanol–water partition coefficient (Wildman–Crippen LogP) is 19.7. The molecule has 1 unspecified atom stereocenters. The summed E-state index contributed by atoms with van der Waals surface area (Å²) in [5.41, 5.74) is 20.9. The van der Waals surface area contributed by atoms with Crippen molar-refractivity contribution in [1.82, 2.24) is 19.9 Å². The van der Waals surface area contributed by atoms with Gasteiger partial charge in [0.2, 0.25) is 0 Å². The molecule has 4 heterocycles. The Morgan fingerprint density at radius 2 is 0.940 bits per heavy atom. The van der Waals surface area contributed by atoms with Crippen molar-refractivity contribution in [1.29, 1.82) is 0 Å². The van der Waals surface area contributed by atoms with Crippen LogP contribution < -0.4 is 9.80 Å². The molecule has 0 N–H and O–H groups in total. The molecule has 1 atom stereocenters. The number of aromatic nitrogens is 4. The lowest BCUT2D eigenvalue weighted by Crippen LogP contribution is -2.33. The number of allylic oxidation sites excluding steroid dienone is 5. The molecular weight excluding hydrogens is 1020 g/mol. The Morgan fingerprint density at radius 1 is 0.405 bits per heavy atom. The summed E-state index contributed by atoms with van der Waals surface area (Å²) in [5, 5.41) is 6.88. The fourth-order valence-electron chi connectivity index (χ4n) is 12.7. The minimum absolute atomic E-state index is 0.252. The zero-order valence-corrected chi connectivity index (χ0v) is 46.4. The van der Waals surface area contributed by atoms with Crippen molar-refractivity contribution in [2.24, 2.45) is 0 Å². The van der Waals surface area contributed by atoms with Gasteiger partial charge in [-0.25, -0.2) is 0 Å². The van der Waals surface area contributed by atoms with Crippen molar-refractivity contribution in [2.75, 3.05) is 9.80 Å². The van der Waals surface area contributed by atoms with E-state index < -0.39 is 0 Å². The summed E-state index contributed by atoms with van der Waals surface area (Å²) in [6.07, 6.45) is 37.6. The molecule has 3 aliphatic rings. The van der Waals surface area contributed by atoms with Gasteiger partial charge in [-0.1, -0.05) is 194 Å². The molecule has 6 nitrogen and oxygen atoms in total. The van der Waals surface area contributed by atoms with Gasteiger partial charge >= 0.3 is 0 Å².